The summed E-state index contributed by atoms with van der Waals surface area (Å²) in [5, 5.41) is 0. The van der Waals surface area contributed by atoms with Gasteiger partial charge in [0.25, 0.3) is 0 Å². The maximum atomic E-state index is 13.1. The SMILES string of the molecule is CCCC(CC(=O)CC)c1ccc(F)c(F)c1. The number of Topliss-reactive ketones (excluding diaryl/α,β-unsaturated/α-hetero) is 1. The molecule has 0 amide bonds. The molecule has 0 aromatic heterocycles. The predicted octanol–water partition coefficient (Wildman–Crippen LogP) is 4.22. The first-order valence-electron chi connectivity index (χ1n) is 6.05. The Morgan fingerprint density at radius 3 is 2.47 bits per heavy atom. The van der Waals surface area contributed by atoms with Crippen LogP contribution in [-0.4, -0.2) is 5.78 Å². The Labute approximate surface area is 101 Å². The van der Waals surface area contributed by atoms with Crippen molar-refractivity contribution in [2.75, 3.05) is 0 Å². The molecule has 0 radical (unpaired) electrons. The maximum absolute atomic E-state index is 13.1. The highest BCUT2D eigenvalue weighted by Gasteiger charge is 2.16. The summed E-state index contributed by atoms with van der Waals surface area (Å²) >= 11 is 0. The summed E-state index contributed by atoms with van der Waals surface area (Å²) < 4.78 is 26.0. The first kappa shape index (κ1) is 13.8. The lowest BCUT2D eigenvalue weighted by molar-refractivity contribution is -0.119. The molecule has 1 unspecified atom stereocenters. The summed E-state index contributed by atoms with van der Waals surface area (Å²) in [6.45, 7) is 3.83. The maximum Gasteiger partial charge on any atom is 0.159 e. The molecule has 1 nitrogen and oxygen atoms in total. The summed E-state index contributed by atoms with van der Waals surface area (Å²) in [6, 6.07) is 3.91. The van der Waals surface area contributed by atoms with Crippen LogP contribution >= 0.6 is 0 Å². The fourth-order valence-corrected chi connectivity index (χ4v) is 1.92. The molecule has 0 heterocycles. The first-order valence-corrected chi connectivity index (χ1v) is 6.05. The molecule has 0 saturated heterocycles. The molecular weight excluding hydrogens is 222 g/mol. The first-order chi connectivity index (χ1) is 8.08. The average Bonchev–Trinajstić information content (AvgIpc) is 2.32. The minimum Gasteiger partial charge on any atom is -0.300 e. The van der Waals surface area contributed by atoms with Crippen molar-refractivity contribution in [2.45, 2.75) is 45.4 Å². The molecule has 1 atom stereocenters. The molecule has 0 N–H and O–H groups in total. The number of benzene rings is 1. The second kappa shape index (κ2) is 6.48. The summed E-state index contributed by atoms with van der Waals surface area (Å²) in [6.07, 6.45) is 2.64. The third kappa shape index (κ3) is 3.91. The number of ketones is 1. The molecule has 0 aliphatic heterocycles. The molecule has 17 heavy (non-hydrogen) atoms. The van der Waals surface area contributed by atoms with Crippen molar-refractivity contribution in [2.24, 2.45) is 0 Å². The van der Waals surface area contributed by atoms with Crippen molar-refractivity contribution in [1.82, 2.24) is 0 Å². The van der Waals surface area contributed by atoms with Gasteiger partial charge < -0.3 is 0 Å². The van der Waals surface area contributed by atoms with E-state index in [1.165, 1.54) is 6.07 Å². The van der Waals surface area contributed by atoms with Gasteiger partial charge in [0.1, 0.15) is 5.78 Å². The summed E-state index contributed by atoms with van der Waals surface area (Å²) in [5.41, 5.74) is 0.715. The van der Waals surface area contributed by atoms with Crippen LogP contribution in [0.15, 0.2) is 18.2 Å². The Bertz CT molecular complexity index is 388. The summed E-state index contributed by atoms with van der Waals surface area (Å²) in [4.78, 5) is 11.5. The molecule has 1 aromatic rings. The average molecular weight is 240 g/mol. The highest BCUT2D eigenvalue weighted by molar-refractivity contribution is 5.78. The van der Waals surface area contributed by atoms with Crippen LogP contribution < -0.4 is 0 Å². The van der Waals surface area contributed by atoms with Crippen molar-refractivity contribution in [3.05, 3.63) is 35.4 Å². The minimum atomic E-state index is -0.842. The number of hydrogen-bond acceptors (Lipinski definition) is 1. The van der Waals surface area contributed by atoms with E-state index in [0.717, 1.165) is 18.9 Å². The lowest BCUT2D eigenvalue weighted by Crippen LogP contribution is -2.07. The molecular formula is C14H18F2O. The molecule has 0 aliphatic carbocycles. The lowest BCUT2D eigenvalue weighted by Gasteiger charge is -2.15. The van der Waals surface area contributed by atoms with E-state index in [1.54, 1.807) is 6.07 Å². The van der Waals surface area contributed by atoms with Gasteiger partial charge >= 0.3 is 0 Å². The van der Waals surface area contributed by atoms with Crippen LogP contribution in [0, 0.1) is 11.6 Å². The van der Waals surface area contributed by atoms with Crippen LogP contribution in [-0.2, 0) is 4.79 Å². The van der Waals surface area contributed by atoms with Crippen LogP contribution in [0.5, 0.6) is 0 Å². The Morgan fingerprint density at radius 1 is 1.24 bits per heavy atom. The van der Waals surface area contributed by atoms with Gasteiger partial charge in [-0.3, -0.25) is 4.79 Å². The summed E-state index contributed by atoms with van der Waals surface area (Å²) in [5.74, 6) is -1.52. The normalized spacial score (nSPS) is 12.5. The molecule has 1 aromatic carbocycles. The molecule has 0 fully saturated rings. The van der Waals surface area contributed by atoms with Gasteiger partial charge in [-0.05, 0) is 30.0 Å². The van der Waals surface area contributed by atoms with Crippen LogP contribution in [0.1, 0.15) is 51.0 Å². The van der Waals surface area contributed by atoms with Gasteiger partial charge in [0.15, 0.2) is 11.6 Å². The van der Waals surface area contributed by atoms with E-state index in [1.807, 2.05) is 13.8 Å². The Kier molecular flexibility index (Phi) is 5.26. The van der Waals surface area contributed by atoms with Gasteiger partial charge in [0.2, 0.25) is 0 Å². The monoisotopic (exact) mass is 240 g/mol. The fraction of sp³-hybridized carbons (Fsp3) is 0.500. The zero-order valence-corrected chi connectivity index (χ0v) is 10.3. The topological polar surface area (TPSA) is 17.1 Å². The number of halogens is 2. The smallest absolute Gasteiger partial charge is 0.159 e. The third-order valence-electron chi connectivity index (χ3n) is 2.92. The van der Waals surface area contributed by atoms with Gasteiger partial charge in [-0.25, -0.2) is 8.78 Å². The second-order valence-corrected chi connectivity index (χ2v) is 4.26. The van der Waals surface area contributed by atoms with Crippen molar-refractivity contribution >= 4 is 5.78 Å². The second-order valence-electron chi connectivity index (χ2n) is 4.26. The third-order valence-corrected chi connectivity index (χ3v) is 2.92. The number of hydrogen-bond donors (Lipinski definition) is 0. The molecule has 94 valence electrons. The van der Waals surface area contributed by atoms with Crippen LogP contribution in [0.4, 0.5) is 8.78 Å². The molecule has 0 saturated carbocycles. The van der Waals surface area contributed by atoms with E-state index >= 15 is 0 Å². The van der Waals surface area contributed by atoms with Gasteiger partial charge in [-0.1, -0.05) is 26.3 Å². The lowest BCUT2D eigenvalue weighted by atomic mass is 9.89. The number of carbonyl (C=O) groups is 1. The van der Waals surface area contributed by atoms with Gasteiger partial charge in [0.05, 0.1) is 0 Å². The number of carbonyl (C=O) groups excluding carboxylic acids is 1. The van der Waals surface area contributed by atoms with E-state index in [0.29, 0.717) is 18.4 Å². The zero-order chi connectivity index (χ0) is 12.8. The molecule has 1 rings (SSSR count). The predicted molar refractivity (Wildman–Crippen MR) is 63.9 cm³/mol. The Balaban J connectivity index is 2.88. The van der Waals surface area contributed by atoms with Gasteiger partial charge in [-0.15, -0.1) is 0 Å². The van der Waals surface area contributed by atoms with E-state index < -0.39 is 11.6 Å². The minimum absolute atomic E-state index is 0.00236. The van der Waals surface area contributed by atoms with Crippen molar-refractivity contribution < 1.29 is 13.6 Å². The quantitative estimate of drug-likeness (QED) is 0.727. The fourth-order valence-electron chi connectivity index (χ4n) is 1.92. The standard InChI is InChI=1S/C14H18F2O/c1-3-5-10(8-12(17)4-2)11-6-7-13(15)14(16)9-11/h6-7,9-10H,3-5,8H2,1-2H3. The number of rotatable bonds is 6. The van der Waals surface area contributed by atoms with E-state index in [2.05, 4.69) is 0 Å². The highest BCUT2D eigenvalue weighted by atomic mass is 19.2. The van der Waals surface area contributed by atoms with Crippen LogP contribution in [0.25, 0.3) is 0 Å². The Morgan fingerprint density at radius 2 is 1.94 bits per heavy atom. The highest BCUT2D eigenvalue weighted by Crippen LogP contribution is 2.26. The van der Waals surface area contributed by atoms with Crippen LogP contribution in [0.3, 0.4) is 0 Å². The van der Waals surface area contributed by atoms with Crippen molar-refractivity contribution in [3.63, 3.8) is 0 Å². The van der Waals surface area contributed by atoms with Gasteiger partial charge in [0, 0.05) is 12.8 Å². The zero-order valence-electron chi connectivity index (χ0n) is 10.3. The molecule has 3 heteroatoms. The molecule has 0 bridgehead atoms. The van der Waals surface area contributed by atoms with E-state index in [9.17, 15) is 13.6 Å². The van der Waals surface area contributed by atoms with E-state index in [4.69, 9.17) is 0 Å². The molecule has 0 spiro atoms. The largest absolute Gasteiger partial charge is 0.300 e. The van der Waals surface area contributed by atoms with Crippen LogP contribution in [0.2, 0.25) is 0 Å². The van der Waals surface area contributed by atoms with Crippen molar-refractivity contribution in [1.29, 1.82) is 0 Å². The van der Waals surface area contributed by atoms with Gasteiger partial charge in [-0.2, -0.15) is 0 Å². The van der Waals surface area contributed by atoms with Crippen molar-refractivity contribution in [3.8, 4) is 0 Å². The van der Waals surface area contributed by atoms with E-state index in [-0.39, 0.29) is 11.7 Å². The summed E-state index contributed by atoms with van der Waals surface area (Å²) in [7, 11) is 0. The molecule has 0 aliphatic rings. The Hall–Kier alpha value is -1.25.